The first-order chi connectivity index (χ1) is 8.75. The summed E-state index contributed by atoms with van der Waals surface area (Å²) in [7, 11) is 0. The summed E-state index contributed by atoms with van der Waals surface area (Å²) >= 11 is 3.46. The van der Waals surface area contributed by atoms with E-state index in [1.807, 2.05) is 30.3 Å². The number of halogens is 1. The SMILES string of the molecule is Nc1ccc2ccccc2c1-c1ccc(Br)cc1. The first-order valence-corrected chi connectivity index (χ1v) is 6.58. The standard InChI is InChI=1S/C16H12BrN/c17-13-8-5-12(6-9-13)16-14-4-2-1-3-11(14)7-10-15(16)18/h1-10H,18H2. The summed E-state index contributed by atoms with van der Waals surface area (Å²) in [5.74, 6) is 0. The van der Waals surface area contributed by atoms with E-state index in [-0.39, 0.29) is 0 Å². The van der Waals surface area contributed by atoms with Crippen LogP contribution in [0.2, 0.25) is 0 Å². The van der Waals surface area contributed by atoms with Crippen LogP contribution in [0.4, 0.5) is 5.69 Å². The lowest BCUT2D eigenvalue weighted by Crippen LogP contribution is -1.91. The number of hydrogen-bond donors (Lipinski definition) is 1. The summed E-state index contributed by atoms with van der Waals surface area (Å²) in [5, 5.41) is 2.41. The molecule has 0 amide bonds. The fourth-order valence-corrected chi connectivity index (χ4v) is 2.49. The Morgan fingerprint density at radius 2 is 1.50 bits per heavy atom. The zero-order valence-electron chi connectivity index (χ0n) is 9.73. The van der Waals surface area contributed by atoms with Crippen molar-refractivity contribution in [3.8, 4) is 11.1 Å². The number of fused-ring (bicyclic) bond motifs is 1. The van der Waals surface area contributed by atoms with Gasteiger partial charge in [0.2, 0.25) is 0 Å². The molecule has 0 spiro atoms. The third kappa shape index (κ3) is 1.89. The predicted molar refractivity (Wildman–Crippen MR) is 81.5 cm³/mol. The minimum absolute atomic E-state index is 0.816. The first kappa shape index (κ1) is 11.3. The maximum Gasteiger partial charge on any atom is 0.0400 e. The number of nitrogens with two attached hydrogens (primary N) is 1. The third-order valence-electron chi connectivity index (χ3n) is 3.09. The molecule has 0 aliphatic heterocycles. The van der Waals surface area contributed by atoms with Crippen molar-refractivity contribution in [3.63, 3.8) is 0 Å². The second kappa shape index (κ2) is 4.46. The van der Waals surface area contributed by atoms with Crippen molar-refractivity contribution in [1.29, 1.82) is 0 Å². The van der Waals surface area contributed by atoms with E-state index in [1.165, 1.54) is 10.8 Å². The fourth-order valence-electron chi connectivity index (χ4n) is 2.23. The molecule has 1 nitrogen and oxygen atoms in total. The zero-order chi connectivity index (χ0) is 12.5. The number of anilines is 1. The van der Waals surface area contributed by atoms with E-state index in [0.717, 1.165) is 21.3 Å². The second-order valence-electron chi connectivity index (χ2n) is 4.26. The first-order valence-electron chi connectivity index (χ1n) is 5.79. The van der Waals surface area contributed by atoms with Gasteiger partial charge < -0.3 is 5.73 Å². The van der Waals surface area contributed by atoms with Crippen molar-refractivity contribution in [1.82, 2.24) is 0 Å². The maximum atomic E-state index is 6.15. The zero-order valence-corrected chi connectivity index (χ0v) is 11.3. The molecule has 0 atom stereocenters. The van der Waals surface area contributed by atoms with Gasteiger partial charge in [0.25, 0.3) is 0 Å². The molecule has 2 N–H and O–H groups in total. The van der Waals surface area contributed by atoms with Crippen LogP contribution in [0.15, 0.2) is 65.1 Å². The molecule has 18 heavy (non-hydrogen) atoms. The molecule has 3 rings (SSSR count). The van der Waals surface area contributed by atoms with Crippen LogP contribution in [0.25, 0.3) is 21.9 Å². The van der Waals surface area contributed by atoms with E-state index in [0.29, 0.717) is 0 Å². The molecular formula is C16H12BrN. The Morgan fingerprint density at radius 1 is 0.778 bits per heavy atom. The minimum Gasteiger partial charge on any atom is -0.398 e. The highest BCUT2D eigenvalue weighted by molar-refractivity contribution is 9.10. The monoisotopic (exact) mass is 297 g/mol. The van der Waals surface area contributed by atoms with Crippen molar-refractivity contribution in [2.75, 3.05) is 5.73 Å². The smallest absolute Gasteiger partial charge is 0.0400 e. The van der Waals surface area contributed by atoms with Gasteiger partial charge in [0.1, 0.15) is 0 Å². The van der Waals surface area contributed by atoms with Crippen molar-refractivity contribution >= 4 is 32.4 Å². The van der Waals surface area contributed by atoms with Crippen LogP contribution in [0.1, 0.15) is 0 Å². The molecule has 0 heterocycles. The van der Waals surface area contributed by atoms with E-state index >= 15 is 0 Å². The van der Waals surface area contributed by atoms with Gasteiger partial charge in [-0.15, -0.1) is 0 Å². The summed E-state index contributed by atoms with van der Waals surface area (Å²) in [6, 6.07) is 20.6. The summed E-state index contributed by atoms with van der Waals surface area (Å²) in [6.07, 6.45) is 0. The van der Waals surface area contributed by atoms with Gasteiger partial charge in [0.05, 0.1) is 0 Å². The van der Waals surface area contributed by atoms with Gasteiger partial charge in [-0.1, -0.05) is 58.4 Å². The Balaban J connectivity index is 2.33. The van der Waals surface area contributed by atoms with Crippen LogP contribution >= 0.6 is 15.9 Å². The van der Waals surface area contributed by atoms with Gasteiger partial charge >= 0.3 is 0 Å². The quantitative estimate of drug-likeness (QED) is 0.638. The molecule has 3 aromatic rings. The normalized spacial score (nSPS) is 10.7. The lowest BCUT2D eigenvalue weighted by molar-refractivity contribution is 1.61. The van der Waals surface area contributed by atoms with E-state index < -0.39 is 0 Å². The Kier molecular flexibility index (Phi) is 2.80. The highest BCUT2D eigenvalue weighted by atomic mass is 79.9. The largest absolute Gasteiger partial charge is 0.398 e. The molecule has 2 heteroatoms. The van der Waals surface area contributed by atoms with Crippen molar-refractivity contribution in [2.24, 2.45) is 0 Å². The van der Waals surface area contributed by atoms with Crippen LogP contribution < -0.4 is 5.73 Å². The molecule has 3 aromatic carbocycles. The van der Waals surface area contributed by atoms with Crippen LogP contribution in [0.3, 0.4) is 0 Å². The highest BCUT2D eigenvalue weighted by Gasteiger charge is 2.07. The van der Waals surface area contributed by atoms with Gasteiger partial charge in [-0.25, -0.2) is 0 Å². The Hall–Kier alpha value is -1.80. The van der Waals surface area contributed by atoms with E-state index in [2.05, 4.69) is 46.3 Å². The van der Waals surface area contributed by atoms with Crippen LogP contribution in [-0.2, 0) is 0 Å². The van der Waals surface area contributed by atoms with Gasteiger partial charge in [-0.2, -0.15) is 0 Å². The van der Waals surface area contributed by atoms with Gasteiger partial charge in [-0.05, 0) is 34.5 Å². The van der Waals surface area contributed by atoms with Gasteiger partial charge in [0, 0.05) is 15.7 Å². The summed E-state index contributed by atoms with van der Waals surface area (Å²) in [4.78, 5) is 0. The Labute approximate surface area is 114 Å². The van der Waals surface area contributed by atoms with E-state index in [4.69, 9.17) is 5.73 Å². The topological polar surface area (TPSA) is 26.0 Å². The Morgan fingerprint density at radius 3 is 2.28 bits per heavy atom. The lowest BCUT2D eigenvalue weighted by atomic mass is 9.97. The summed E-state index contributed by atoms with van der Waals surface area (Å²) < 4.78 is 1.07. The molecule has 0 radical (unpaired) electrons. The summed E-state index contributed by atoms with van der Waals surface area (Å²) in [6.45, 7) is 0. The fraction of sp³-hybridized carbons (Fsp3) is 0. The average molecular weight is 298 g/mol. The molecule has 0 aliphatic rings. The summed E-state index contributed by atoms with van der Waals surface area (Å²) in [5.41, 5.74) is 9.22. The molecule has 0 bridgehead atoms. The number of nitrogen functional groups attached to an aromatic ring is 1. The number of hydrogen-bond acceptors (Lipinski definition) is 1. The minimum atomic E-state index is 0.816. The number of benzene rings is 3. The van der Waals surface area contributed by atoms with Gasteiger partial charge in [-0.3, -0.25) is 0 Å². The molecule has 0 fully saturated rings. The molecular weight excluding hydrogens is 286 g/mol. The van der Waals surface area contributed by atoms with Crippen molar-refractivity contribution in [2.45, 2.75) is 0 Å². The highest BCUT2D eigenvalue weighted by Crippen LogP contribution is 2.34. The van der Waals surface area contributed by atoms with Crippen LogP contribution in [0.5, 0.6) is 0 Å². The van der Waals surface area contributed by atoms with Crippen molar-refractivity contribution < 1.29 is 0 Å². The van der Waals surface area contributed by atoms with Gasteiger partial charge in [0.15, 0.2) is 0 Å². The molecule has 0 unspecified atom stereocenters. The lowest BCUT2D eigenvalue weighted by Gasteiger charge is -2.10. The molecule has 0 aromatic heterocycles. The van der Waals surface area contributed by atoms with Crippen LogP contribution in [-0.4, -0.2) is 0 Å². The second-order valence-corrected chi connectivity index (χ2v) is 5.17. The molecule has 0 saturated heterocycles. The molecule has 0 saturated carbocycles. The number of rotatable bonds is 1. The van der Waals surface area contributed by atoms with Crippen molar-refractivity contribution in [3.05, 3.63) is 65.1 Å². The predicted octanol–water partition coefficient (Wildman–Crippen LogP) is 4.85. The van der Waals surface area contributed by atoms with E-state index in [9.17, 15) is 0 Å². The maximum absolute atomic E-state index is 6.15. The molecule has 88 valence electrons. The molecule has 0 aliphatic carbocycles. The third-order valence-corrected chi connectivity index (χ3v) is 3.62. The Bertz CT molecular complexity index is 702. The van der Waals surface area contributed by atoms with Crippen LogP contribution in [0, 0.1) is 0 Å². The average Bonchev–Trinajstić information content (AvgIpc) is 2.40. The van der Waals surface area contributed by atoms with E-state index in [1.54, 1.807) is 0 Å².